The van der Waals surface area contributed by atoms with Gasteiger partial charge in [0.15, 0.2) is 11.5 Å². The third-order valence-electron chi connectivity index (χ3n) is 2.92. The number of carbonyl (C=O) groups is 2. The second-order valence-corrected chi connectivity index (χ2v) is 4.74. The van der Waals surface area contributed by atoms with Crippen LogP contribution in [-0.4, -0.2) is 42.5 Å². The molecule has 1 aromatic heterocycles. The van der Waals surface area contributed by atoms with Gasteiger partial charge in [-0.1, -0.05) is 35.5 Å². The summed E-state index contributed by atoms with van der Waals surface area (Å²) in [7, 11) is 3.35. The maximum Gasteiger partial charge on any atom is 0.273 e. The van der Waals surface area contributed by atoms with Crippen LogP contribution in [0.4, 0.5) is 0 Å². The third kappa shape index (κ3) is 3.92. The van der Waals surface area contributed by atoms with E-state index in [9.17, 15) is 9.59 Å². The van der Waals surface area contributed by atoms with Crippen molar-refractivity contribution in [2.45, 2.75) is 6.42 Å². The van der Waals surface area contributed by atoms with Crippen LogP contribution >= 0.6 is 0 Å². The zero-order valence-electron chi connectivity index (χ0n) is 12.0. The van der Waals surface area contributed by atoms with Crippen molar-refractivity contribution < 1.29 is 14.1 Å². The highest BCUT2D eigenvalue weighted by molar-refractivity contribution is 5.93. The molecule has 0 unspecified atom stereocenters. The van der Waals surface area contributed by atoms with Gasteiger partial charge in [0.05, 0.1) is 0 Å². The lowest BCUT2D eigenvalue weighted by molar-refractivity contribution is -0.128. The fourth-order valence-corrected chi connectivity index (χ4v) is 1.72. The Kier molecular flexibility index (Phi) is 4.71. The minimum atomic E-state index is -0.354. The second-order valence-electron chi connectivity index (χ2n) is 4.74. The van der Waals surface area contributed by atoms with Crippen LogP contribution in [0.25, 0.3) is 11.3 Å². The normalized spacial score (nSPS) is 10.2. The second kappa shape index (κ2) is 6.69. The molecule has 0 radical (unpaired) electrons. The lowest BCUT2D eigenvalue weighted by Gasteiger charge is -2.09. The fourth-order valence-electron chi connectivity index (χ4n) is 1.72. The molecule has 0 saturated heterocycles. The maximum atomic E-state index is 11.9. The molecule has 0 fully saturated rings. The topological polar surface area (TPSA) is 75.4 Å². The Bertz CT molecular complexity index is 620. The van der Waals surface area contributed by atoms with Gasteiger partial charge in [-0.2, -0.15) is 0 Å². The summed E-state index contributed by atoms with van der Waals surface area (Å²) < 4.78 is 5.15. The summed E-state index contributed by atoms with van der Waals surface area (Å²) in [4.78, 5) is 24.8. The van der Waals surface area contributed by atoms with E-state index in [0.717, 1.165) is 5.56 Å². The summed E-state index contributed by atoms with van der Waals surface area (Å²) in [6.07, 6.45) is 0.252. The Hall–Kier alpha value is -2.63. The monoisotopic (exact) mass is 287 g/mol. The molecule has 0 aliphatic rings. The number of hydrogen-bond acceptors (Lipinski definition) is 4. The molecule has 6 nitrogen and oxygen atoms in total. The summed E-state index contributed by atoms with van der Waals surface area (Å²) in [5.41, 5.74) is 1.05. The number of nitrogens with zero attached hydrogens (tertiary/aromatic N) is 2. The summed E-state index contributed by atoms with van der Waals surface area (Å²) >= 11 is 0. The molecule has 2 aromatic rings. The van der Waals surface area contributed by atoms with Crippen molar-refractivity contribution in [2.24, 2.45) is 0 Å². The average molecular weight is 287 g/mol. The van der Waals surface area contributed by atoms with Crippen LogP contribution in [0, 0.1) is 0 Å². The Morgan fingerprint density at radius 1 is 1.24 bits per heavy atom. The first kappa shape index (κ1) is 14.8. The van der Waals surface area contributed by atoms with Gasteiger partial charge in [0.25, 0.3) is 5.91 Å². The highest BCUT2D eigenvalue weighted by Crippen LogP contribution is 2.19. The molecule has 1 aromatic carbocycles. The molecular weight excluding hydrogens is 270 g/mol. The molecule has 0 aliphatic carbocycles. The number of hydrogen-bond donors (Lipinski definition) is 1. The van der Waals surface area contributed by atoms with Gasteiger partial charge in [-0.3, -0.25) is 9.59 Å². The van der Waals surface area contributed by atoms with Crippen molar-refractivity contribution in [2.75, 3.05) is 20.6 Å². The van der Waals surface area contributed by atoms with E-state index in [-0.39, 0.29) is 30.5 Å². The molecule has 0 aliphatic heterocycles. The Morgan fingerprint density at radius 2 is 1.95 bits per heavy atom. The first-order valence-electron chi connectivity index (χ1n) is 6.58. The smallest absolute Gasteiger partial charge is 0.273 e. The summed E-state index contributed by atoms with van der Waals surface area (Å²) in [5.74, 6) is 0.137. The fraction of sp³-hybridized carbons (Fsp3) is 0.267. The van der Waals surface area contributed by atoms with Crippen LogP contribution in [0.1, 0.15) is 16.9 Å². The molecule has 6 heteroatoms. The largest absolute Gasteiger partial charge is 0.355 e. The van der Waals surface area contributed by atoms with Crippen molar-refractivity contribution in [1.82, 2.24) is 15.4 Å². The first-order valence-corrected chi connectivity index (χ1v) is 6.58. The Morgan fingerprint density at radius 3 is 2.62 bits per heavy atom. The predicted molar refractivity (Wildman–Crippen MR) is 77.6 cm³/mol. The maximum absolute atomic E-state index is 11.9. The number of amides is 2. The lowest BCUT2D eigenvalue weighted by Crippen LogP contribution is -2.30. The molecular formula is C15H17N3O3. The molecule has 0 bridgehead atoms. The van der Waals surface area contributed by atoms with Crippen molar-refractivity contribution in [3.63, 3.8) is 0 Å². The van der Waals surface area contributed by atoms with Crippen molar-refractivity contribution in [1.29, 1.82) is 0 Å². The number of carbonyl (C=O) groups excluding carboxylic acids is 2. The molecule has 110 valence electrons. The van der Waals surface area contributed by atoms with Crippen molar-refractivity contribution in [3.8, 4) is 11.3 Å². The SMILES string of the molecule is CN(C)C(=O)CCNC(=O)c1cc(-c2ccccc2)on1. The van der Waals surface area contributed by atoms with Crippen LogP contribution in [0.2, 0.25) is 0 Å². The molecule has 0 spiro atoms. The zero-order chi connectivity index (χ0) is 15.2. The van der Waals surface area contributed by atoms with Gasteiger partial charge in [0.2, 0.25) is 5.91 Å². The molecule has 0 atom stereocenters. The summed E-state index contributed by atoms with van der Waals surface area (Å²) in [6.45, 7) is 0.267. The van der Waals surface area contributed by atoms with Gasteiger partial charge in [-0.25, -0.2) is 0 Å². The van der Waals surface area contributed by atoms with Gasteiger partial charge < -0.3 is 14.7 Å². The molecule has 2 rings (SSSR count). The average Bonchev–Trinajstić information content (AvgIpc) is 2.97. The first-order chi connectivity index (χ1) is 10.1. The van der Waals surface area contributed by atoms with E-state index in [1.54, 1.807) is 20.2 Å². The molecule has 2 amide bonds. The summed E-state index contributed by atoms with van der Waals surface area (Å²) in [5, 5.41) is 6.38. The van der Waals surface area contributed by atoms with Crippen molar-refractivity contribution in [3.05, 3.63) is 42.1 Å². The lowest BCUT2D eigenvalue weighted by atomic mass is 10.1. The molecule has 0 saturated carbocycles. The number of aromatic nitrogens is 1. The molecule has 21 heavy (non-hydrogen) atoms. The highest BCUT2D eigenvalue weighted by atomic mass is 16.5. The van der Waals surface area contributed by atoms with Gasteiger partial charge in [-0.05, 0) is 0 Å². The number of benzene rings is 1. The third-order valence-corrected chi connectivity index (χ3v) is 2.92. The van der Waals surface area contributed by atoms with E-state index in [2.05, 4.69) is 10.5 Å². The quantitative estimate of drug-likeness (QED) is 0.905. The van der Waals surface area contributed by atoms with Gasteiger partial charge in [-0.15, -0.1) is 0 Å². The van der Waals surface area contributed by atoms with Crippen LogP contribution in [0.15, 0.2) is 40.9 Å². The zero-order valence-corrected chi connectivity index (χ0v) is 12.0. The van der Waals surface area contributed by atoms with E-state index < -0.39 is 0 Å². The summed E-state index contributed by atoms with van der Waals surface area (Å²) in [6, 6.07) is 11.0. The van der Waals surface area contributed by atoms with Gasteiger partial charge in [0, 0.05) is 38.7 Å². The van der Waals surface area contributed by atoms with Crippen molar-refractivity contribution >= 4 is 11.8 Å². The van der Waals surface area contributed by atoms with E-state index in [1.807, 2.05) is 30.3 Å². The Balaban J connectivity index is 1.92. The van der Waals surface area contributed by atoms with E-state index >= 15 is 0 Å². The number of rotatable bonds is 5. The molecule has 1 N–H and O–H groups in total. The van der Waals surface area contributed by atoms with E-state index in [0.29, 0.717) is 5.76 Å². The van der Waals surface area contributed by atoms with Gasteiger partial charge in [0.1, 0.15) is 0 Å². The molecule has 1 heterocycles. The van der Waals surface area contributed by atoms with E-state index in [4.69, 9.17) is 4.52 Å². The van der Waals surface area contributed by atoms with Crippen LogP contribution < -0.4 is 5.32 Å². The van der Waals surface area contributed by atoms with Crippen LogP contribution in [0.3, 0.4) is 0 Å². The highest BCUT2D eigenvalue weighted by Gasteiger charge is 2.13. The predicted octanol–water partition coefficient (Wildman–Crippen LogP) is 1.55. The van der Waals surface area contributed by atoms with Crippen LogP contribution in [-0.2, 0) is 4.79 Å². The van der Waals surface area contributed by atoms with Crippen LogP contribution in [0.5, 0.6) is 0 Å². The van der Waals surface area contributed by atoms with E-state index in [1.165, 1.54) is 4.90 Å². The van der Waals surface area contributed by atoms with Gasteiger partial charge >= 0.3 is 0 Å². The minimum Gasteiger partial charge on any atom is -0.355 e. The number of nitrogens with one attached hydrogen (secondary N) is 1. The minimum absolute atomic E-state index is 0.0413. The standard InChI is InChI=1S/C15H17N3O3/c1-18(2)14(19)8-9-16-15(20)12-10-13(21-17-12)11-6-4-3-5-7-11/h3-7,10H,8-9H2,1-2H3,(H,16,20). The Labute approximate surface area is 122 Å².